The summed E-state index contributed by atoms with van der Waals surface area (Å²) in [5.74, 6) is 0.0793. The third-order valence-electron chi connectivity index (χ3n) is 4.33. The molecule has 3 rings (SSSR count). The fourth-order valence-corrected chi connectivity index (χ4v) is 3.05. The zero-order valence-electron chi connectivity index (χ0n) is 12.8. The normalized spacial score (nSPS) is 19.2. The van der Waals surface area contributed by atoms with Crippen LogP contribution in [0, 0.1) is 6.92 Å². The van der Waals surface area contributed by atoms with E-state index in [1.165, 1.54) is 6.42 Å². The first-order chi connectivity index (χ1) is 10.1. The van der Waals surface area contributed by atoms with Crippen molar-refractivity contribution in [3.05, 3.63) is 23.0 Å². The van der Waals surface area contributed by atoms with Gasteiger partial charge in [-0.15, -0.1) is 0 Å². The molecule has 21 heavy (non-hydrogen) atoms. The van der Waals surface area contributed by atoms with Gasteiger partial charge < -0.3 is 9.42 Å². The SMILES string of the molecule is CCc1cc(C(=O)N2CCCC[C@H]2C)c2c(C)noc2n1. The summed E-state index contributed by atoms with van der Waals surface area (Å²) in [7, 11) is 0. The lowest BCUT2D eigenvalue weighted by Gasteiger charge is -2.33. The topological polar surface area (TPSA) is 59.2 Å². The van der Waals surface area contributed by atoms with Gasteiger partial charge in [0.05, 0.1) is 16.6 Å². The monoisotopic (exact) mass is 287 g/mol. The van der Waals surface area contributed by atoms with Gasteiger partial charge >= 0.3 is 0 Å². The highest BCUT2D eigenvalue weighted by Gasteiger charge is 2.27. The maximum Gasteiger partial charge on any atom is 0.258 e. The standard InChI is InChI=1S/C16H21N3O2/c1-4-12-9-13(14-11(3)18-21-15(14)17-12)16(20)19-8-6-5-7-10(19)2/h9-10H,4-8H2,1-3H3/t10-/m1/s1. The number of fused-ring (bicyclic) bond motifs is 1. The van der Waals surface area contributed by atoms with E-state index in [-0.39, 0.29) is 5.91 Å². The number of carbonyl (C=O) groups is 1. The molecule has 0 aromatic carbocycles. The Kier molecular flexibility index (Phi) is 3.66. The van der Waals surface area contributed by atoms with Gasteiger partial charge in [-0.3, -0.25) is 4.79 Å². The Morgan fingerprint density at radius 3 is 3.00 bits per heavy atom. The highest BCUT2D eigenvalue weighted by Crippen LogP contribution is 2.26. The molecule has 1 atom stereocenters. The maximum atomic E-state index is 13.0. The molecule has 5 nitrogen and oxygen atoms in total. The first-order valence-electron chi connectivity index (χ1n) is 7.68. The van der Waals surface area contributed by atoms with Crippen LogP contribution in [0.1, 0.15) is 54.9 Å². The molecule has 1 aliphatic rings. The molecule has 1 amide bonds. The van der Waals surface area contributed by atoms with E-state index < -0.39 is 0 Å². The second-order valence-electron chi connectivity index (χ2n) is 5.81. The lowest BCUT2D eigenvalue weighted by atomic mass is 10.0. The summed E-state index contributed by atoms with van der Waals surface area (Å²) < 4.78 is 5.26. The molecular weight excluding hydrogens is 266 g/mol. The average Bonchev–Trinajstić information content (AvgIpc) is 2.87. The van der Waals surface area contributed by atoms with Crippen LogP contribution in [0.15, 0.2) is 10.6 Å². The maximum absolute atomic E-state index is 13.0. The zero-order valence-corrected chi connectivity index (χ0v) is 12.8. The highest BCUT2D eigenvalue weighted by atomic mass is 16.5. The van der Waals surface area contributed by atoms with Crippen LogP contribution in [0.4, 0.5) is 0 Å². The van der Waals surface area contributed by atoms with E-state index in [2.05, 4.69) is 17.1 Å². The lowest BCUT2D eigenvalue weighted by molar-refractivity contribution is 0.0637. The zero-order chi connectivity index (χ0) is 15.0. The minimum Gasteiger partial charge on any atom is -0.336 e. The van der Waals surface area contributed by atoms with Gasteiger partial charge in [-0.2, -0.15) is 0 Å². The summed E-state index contributed by atoms with van der Waals surface area (Å²) in [5, 5.41) is 4.73. The number of aromatic nitrogens is 2. The predicted octanol–water partition coefficient (Wildman–Crippen LogP) is 3.11. The number of pyridine rings is 1. The summed E-state index contributed by atoms with van der Waals surface area (Å²) in [5.41, 5.74) is 2.75. The number of rotatable bonds is 2. The van der Waals surface area contributed by atoms with E-state index in [0.717, 1.165) is 42.6 Å². The van der Waals surface area contributed by atoms with Crippen molar-refractivity contribution in [1.29, 1.82) is 0 Å². The van der Waals surface area contributed by atoms with E-state index in [0.29, 0.717) is 17.3 Å². The number of amides is 1. The van der Waals surface area contributed by atoms with Crippen molar-refractivity contribution in [2.24, 2.45) is 0 Å². The first-order valence-corrected chi connectivity index (χ1v) is 7.68. The molecule has 0 saturated carbocycles. The number of aryl methyl sites for hydroxylation is 2. The Morgan fingerprint density at radius 1 is 1.48 bits per heavy atom. The number of hydrogen-bond donors (Lipinski definition) is 0. The van der Waals surface area contributed by atoms with E-state index in [1.54, 1.807) is 0 Å². The van der Waals surface area contributed by atoms with Crippen molar-refractivity contribution in [3.63, 3.8) is 0 Å². The van der Waals surface area contributed by atoms with E-state index in [4.69, 9.17) is 4.52 Å². The van der Waals surface area contributed by atoms with Crippen molar-refractivity contribution < 1.29 is 9.32 Å². The summed E-state index contributed by atoms with van der Waals surface area (Å²) in [6.45, 7) is 6.83. The van der Waals surface area contributed by atoms with Crippen LogP contribution in [0.5, 0.6) is 0 Å². The van der Waals surface area contributed by atoms with Gasteiger partial charge in [0.15, 0.2) is 0 Å². The molecule has 1 aliphatic heterocycles. The molecule has 0 radical (unpaired) electrons. The molecule has 5 heteroatoms. The molecule has 1 fully saturated rings. The summed E-state index contributed by atoms with van der Waals surface area (Å²) in [4.78, 5) is 19.4. The van der Waals surface area contributed by atoms with Gasteiger partial charge in [-0.1, -0.05) is 12.1 Å². The van der Waals surface area contributed by atoms with Crippen molar-refractivity contribution in [1.82, 2.24) is 15.0 Å². The minimum absolute atomic E-state index is 0.0793. The third-order valence-corrected chi connectivity index (χ3v) is 4.33. The molecule has 0 aliphatic carbocycles. The number of likely N-dealkylation sites (tertiary alicyclic amines) is 1. The second-order valence-corrected chi connectivity index (χ2v) is 5.81. The summed E-state index contributed by atoms with van der Waals surface area (Å²) in [6, 6.07) is 2.19. The van der Waals surface area contributed by atoms with Gasteiger partial charge in [0, 0.05) is 18.3 Å². The van der Waals surface area contributed by atoms with Crippen LogP contribution in [0.2, 0.25) is 0 Å². The van der Waals surface area contributed by atoms with Gasteiger partial charge in [0.1, 0.15) is 0 Å². The molecule has 2 aromatic rings. The van der Waals surface area contributed by atoms with Crippen LogP contribution in [-0.4, -0.2) is 33.5 Å². The molecule has 0 spiro atoms. The summed E-state index contributed by atoms with van der Waals surface area (Å²) >= 11 is 0. The average molecular weight is 287 g/mol. The Morgan fingerprint density at radius 2 is 2.29 bits per heavy atom. The Labute approximate surface area is 124 Å². The Bertz CT molecular complexity index is 677. The molecule has 0 unspecified atom stereocenters. The van der Waals surface area contributed by atoms with Crippen LogP contribution >= 0.6 is 0 Å². The minimum atomic E-state index is 0.0793. The van der Waals surface area contributed by atoms with Crippen molar-refractivity contribution in [2.45, 2.75) is 52.5 Å². The lowest BCUT2D eigenvalue weighted by Crippen LogP contribution is -2.42. The molecule has 112 valence electrons. The fourth-order valence-electron chi connectivity index (χ4n) is 3.05. The Hall–Kier alpha value is -1.91. The van der Waals surface area contributed by atoms with Gasteiger partial charge in [-0.25, -0.2) is 4.98 Å². The smallest absolute Gasteiger partial charge is 0.258 e. The first kappa shape index (κ1) is 14.0. The Balaban J connectivity index is 2.09. The molecule has 3 heterocycles. The third kappa shape index (κ3) is 2.41. The largest absolute Gasteiger partial charge is 0.336 e. The molecular formula is C16H21N3O2. The van der Waals surface area contributed by atoms with Crippen LogP contribution in [-0.2, 0) is 6.42 Å². The number of nitrogens with zero attached hydrogens (tertiary/aromatic N) is 3. The van der Waals surface area contributed by atoms with Crippen molar-refractivity contribution in [3.8, 4) is 0 Å². The predicted molar refractivity (Wildman–Crippen MR) is 80.3 cm³/mol. The van der Waals surface area contributed by atoms with Crippen molar-refractivity contribution in [2.75, 3.05) is 6.54 Å². The summed E-state index contributed by atoms with van der Waals surface area (Å²) in [6.07, 6.45) is 4.12. The number of carbonyl (C=O) groups excluding carboxylic acids is 1. The van der Waals surface area contributed by atoms with Gasteiger partial charge in [0.2, 0.25) is 0 Å². The molecule has 0 bridgehead atoms. The quantitative estimate of drug-likeness (QED) is 0.851. The van der Waals surface area contributed by atoms with Crippen LogP contribution < -0.4 is 0 Å². The molecule has 1 saturated heterocycles. The molecule has 2 aromatic heterocycles. The van der Waals surface area contributed by atoms with Gasteiger partial charge in [-0.05, 0) is 45.6 Å². The van der Waals surface area contributed by atoms with Crippen molar-refractivity contribution >= 4 is 17.0 Å². The van der Waals surface area contributed by atoms with Gasteiger partial charge in [0.25, 0.3) is 11.6 Å². The van der Waals surface area contributed by atoms with E-state index >= 15 is 0 Å². The number of hydrogen-bond acceptors (Lipinski definition) is 4. The van der Waals surface area contributed by atoms with E-state index in [9.17, 15) is 4.79 Å². The molecule has 0 N–H and O–H groups in total. The number of piperidine rings is 1. The fraction of sp³-hybridized carbons (Fsp3) is 0.562. The highest BCUT2D eigenvalue weighted by molar-refractivity contribution is 6.06. The van der Waals surface area contributed by atoms with Crippen LogP contribution in [0.3, 0.4) is 0 Å². The van der Waals surface area contributed by atoms with Crippen LogP contribution in [0.25, 0.3) is 11.1 Å². The second kappa shape index (κ2) is 5.47. The van der Waals surface area contributed by atoms with E-state index in [1.807, 2.05) is 24.8 Å².